The Kier molecular flexibility index (Phi) is 6.02. The summed E-state index contributed by atoms with van der Waals surface area (Å²) in [6, 6.07) is 8.29. The molecule has 0 aliphatic heterocycles. The molecule has 4 nitrogen and oxygen atoms in total. The van der Waals surface area contributed by atoms with Gasteiger partial charge in [0.2, 0.25) is 0 Å². The fourth-order valence-corrected chi connectivity index (χ4v) is 2.48. The molecule has 0 saturated carbocycles. The number of nitrogens with one attached hydrogen (secondary N) is 1. The van der Waals surface area contributed by atoms with Gasteiger partial charge in [-0.2, -0.15) is 0 Å². The second-order valence-corrected chi connectivity index (χ2v) is 5.06. The van der Waals surface area contributed by atoms with Gasteiger partial charge in [-0.05, 0) is 44.7 Å². The monoisotopic (exact) mass is 274 g/mol. The lowest BCUT2D eigenvalue weighted by atomic mass is 10.3. The second-order valence-electron chi connectivity index (χ2n) is 5.06. The van der Waals surface area contributed by atoms with Gasteiger partial charge >= 0.3 is 0 Å². The summed E-state index contributed by atoms with van der Waals surface area (Å²) in [7, 11) is 0. The average molecular weight is 274 g/mol. The highest BCUT2D eigenvalue weighted by molar-refractivity contribution is 5.74. The van der Waals surface area contributed by atoms with Crippen LogP contribution in [0, 0.1) is 0 Å². The van der Waals surface area contributed by atoms with E-state index >= 15 is 0 Å². The summed E-state index contributed by atoms with van der Waals surface area (Å²) < 4.78 is 2.22. The van der Waals surface area contributed by atoms with Crippen molar-refractivity contribution >= 4 is 11.0 Å². The van der Waals surface area contributed by atoms with Crippen LogP contribution in [0.5, 0.6) is 0 Å². The van der Waals surface area contributed by atoms with Crippen molar-refractivity contribution in [2.75, 3.05) is 32.7 Å². The zero-order chi connectivity index (χ0) is 14.2. The molecule has 0 bridgehead atoms. The molecule has 0 spiro atoms. The second kappa shape index (κ2) is 8.02. The van der Waals surface area contributed by atoms with Gasteiger partial charge in [0, 0.05) is 13.1 Å². The van der Waals surface area contributed by atoms with E-state index in [4.69, 9.17) is 0 Å². The van der Waals surface area contributed by atoms with Crippen LogP contribution in [0.1, 0.15) is 20.3 Å². The normalized spacial score (nSPS) is 11.6. The molecule has 1 aromatic carbocycles. The number of para-hydroxylation sites is 2. The third-order valence-corrected chi connectivity index (χ3v) is 3.78. The Bertz CT molecular complexity index is 502. The molecule has 1 aromatic heterocycles. The quantitative estimate of drug-likeness (QED) is 0.713. The maximum absolute atomic E-state index is 4.41. The molecule has 20 heavy (non-hydrogen) atoms. The minimum absolute atomic E-state index is 0.978. The largest absolute Gasteiger partial charge is 0.329 e. The molecule has 2 rings (SSSR count). The van der Waals surface area contributed by atoms with Crippen LogP contribution in [0.2, 0.25) is 0 Å². The summed E-state index contributed by atoms with van der Waals surface area (Å²) in [4.78, 5) is 6.87. The Morgan fingerprint density at radius 3 is 2.75 bits per heavy atom. The Labute approximate surface area is 121 Å². The van der Waals surface area contributed by atoms with E-state index in [1.165, 1.54) is 18.5 Å². The van der Waals surface area contributed by atoms with Crippen LogP contribution >= 0.6 is 0 Å². The van der Waals surface area contributed by atoms with E-state index in [1.54, 1.807) is 0 Å². The zero-order valence-corrected chi connectivity index (χ0v) is 12.7. The van der Waals surface area contributed by atoms with E-state index in [2.05, 4.69) is 51.8 Å². The van der Waals surface area contributed by atoms with Crippen molar-refractivity contribution in [3.63, 3.8) is 0 Å². The lowest BCUT2D eigenvalue weighted by Gasteiger charge is -2.17. The standard InChI is InChI=1S/C16H26N4/c1-3-19(4-2)12-7-10-17-11-13-20-14-18-15-8-5-6-9-16(15)20/h5-6,8-9,14,17H,3-4,7,10-13H2,1-2H3. The fraction of sp³-hybridized carbons (Fsp3) is 0.562. The molecule has 0 aliphatic carbocycles. The SMILES string of the molecule is CCN(CC)CCCNCCn1cnc2ccccc21. The third-order valence-electron chi connectivity index (χ3n) is 3.78. The molecular formula is C16H26N4. The first-order valence-electron chi connectivity index (χ1n) is 7.68. The Morgan fingerprint density at radius 2 is 1.95 bits per heavy atom. The van der Waals surface area contributed by atoms with E-state index in [9.17, 15) is 0 Å². The van der Waals surface area contributed by atoms with Crippen molar-refractivity contribution in [2.45, 2.75) is 26.8 Å². The minimum Gasteiger partial charge on any atom is -0.329 e. The summed E-state index contributed by atoms with van der Waals surface area (Å²) in [5.74, 6) is 0. The number of hydrogen-bond donors (Lipinski definition) is 1. The minimum atomic E-state index is 0.978. The molecule has 110 valence electrons. The lowest BCUT2D eigenvalue weighted by molar-refractivity contribution is 0.298. The molecule has 0 aliphatic rings. The predicted molar refractivity (Wildman–Crippen MR) is 85.0 cm³/mol. The van der Waals surface area contributed by atoms with Crippen LogP contribution < -0.4 is 5.32 Å². The van der Waals surface area contributed by atoms with E-state index in [0.717, 1.165) is 38.2 Å². The van der Waals surface area contributed by atoms with Gasteiger partial charge in [0.25, 0.3) is 0 Å². The van der Waals surface area contributed by atoms with Crippen LogP contribution in [0.15, 0.2) is 30.6 Å². The fourth-order valence-electron chi connectivity index (χ4n) is 2.48. The molecule has 0 unspecified atom stereocenters. The van der Waals surface area contributed by atoms with Gasteiger partial charge in [-0.25, -0.2) is 4.98 Å². The van der Waals surface area contributed by atoms with Crippen LogP contribution in [-0.2, 0) is 6.54 Å². The number of rotatable bonds is 9. The molecule has 0 fully saturated rings. The molecule has 0 amide bonds. The molecular weight excluding hydrogens is 248 g/mol. The third kappa shape index (κ3) is 4.05. The van der Waals surface area contributed by atoms with Crippen molar-refractivity contribution in [3.8, 4) is 0 Å². The molecule has 0 atom stereocenters. The summed E-state index contributed by atoms with van der Waals surface area (Å²) in [5, 5.41) is 3.52. The molecule has 0 saturated heterocycles. The Morgan fingerprint density at radius 1 is 1.15 bits per heavy atom. The van der Waals surface area contributed by atoms with Gasteiger partial charge in [0.1, 0.15) is 0 Å². The highest BCUT2D eigenvalue weighted by Gasteiger charge is 2.01. The summed E-state index contributed by atoms with van der Waals surface area (Å²) in [5.41, 5.74) is 2.30. The lowest BCUT2D eigenvalue weighted by Crippen LogP contribution is -2.28. The molecule has 4 heteroatoms. The zero-order valence-electron chi connectivity index (χ0n) is 12.7. The number of benzene rings is 1. The first kappa shape index (κ1) is 15.0. The van der Waals surface area contributed by atoms with Crippen molar-refractivity contribution in [1.29, 1.82) is 0 Å². The van der Waals surface area contributed by atoms with Crippen molar-refractivity contribution in [1.82, 2.24) is 19.8 Å². The van der Waals surface area contributed by atoms with Crippen LogP contribution in [0.25, 0.3) is 11.0 Å². The molecule has 1 N–H and O–H groups in total. The average Bonchev–Trinajstić information content (AvgIpc) is 2.90. The van der Waals surface area contributed by atoms with Crippen molar-refractivity contribution in [3.05, 3.63) is 30.6 Å². The molecule has 1 heterocycles. The molecule has 0 radical (unpaired) electrons. The van der Waals surface area contributed by atoms with E-state index in [-0.39, 0.29) is 0 Å². The van der Waals surface area contributed by atoms with Crippen molar-refractivity contribution in [2.24, 2.45) is 0 Å². The maximum Gasteiger partial charge on any atom is 0.0958 e. The van der Waals surface area contributed by atoms with Crippen LogP contribution in [0.4, 0.5) is 0 Å². The first-order valence-corrected chi connectivity index (χ1v) is 7.68. The number of fused-ring (bicyclic) bond motifs is 1. The van der Waals surface area contributed by atoms with Crippen LogP contribution in [-0.4, -0.2) is 47.2 Å². The summed E-state index contributed by atoms with van der Waals surface area (Å²) in [6.07, 6.45) is 3.15. The van der Waals surface area contributed by atoms with E-state index in [0.29, 0.717) is 0 Å². The van der Waals surface area contributed by atoms with Crippen LogP contribution in [0.3, 0.4) is 0 Å². The van der Waals surface area contributed by atoms with E-state index in [1.807, 2.05) is 12.4 Å². The Hall–Kier alpha value is -1.39. The summed E-state index contributed by atoms with van der Waals surface area (Å²) >= 11 is 0. The highest BCUT2D eigenvalue weighted by atomic mass is 15.1. The van der Waals surface area contributed by atoms with Gasteiger partial charge in [0.05, 0.1) is 17.4 Å². The number of aromatic nitrogens is 2. The number of nitrogens with zero attached hydrogens (tertiary/aromatic N) is 3. The first-order chi connectivity index (χ1) is 9.85. The molecule has 2 aromatic rings. The van der Waals surface area contributed by atoms with Crippen molar-refractivity contribution < 1.29 is 0 Å². The topological polar surface area (TPSA) is 33.1 Å². The summed E-state index contributed by atoms with van der Waals surface area (Å²) in [6.45, 7) is 11.0. The smallest absolute Gasteiger partial charge is 0.0958 e. The van der Waals surface area contributed by atoms with Gasteiger partial charge in [-0.15, -0.1) is 0 Å². The van der Waals surface area contributed by atoms with Gasteiger partial charge in [-0.3, -0.25) is 0 Å². The van der Waals surface area contributed by atoms with Gasteiger partial charge in [0.15, 0.2) is 0 Å². The van der Waals surface area contributed by atoms with E-state index < -0.39 is 0 Å². The number of hydrogen-bond acceptors (Lipinski definition) is 3. The Balaban J connectivity index is 1.66. The highest BCUT2D eigenvalue weighted by Crippen LogP contribution is 2.10. The maximum atomic E-state index is 4.41. The predicted octanol–water partition coefficient (Wildman–Crippen LogP) is 2.36. The van der Waals surface area contributed by atoms with Gasteiger partial charge < -0.3 is 14.8 Å². The van der Waals surface area contributed by atoms with Gasteiger partial charge in [-0.1, -0.05) is 26.0 Å². The number of imidazole rings is 1.